The van der Waals surface area contributed by atoms with Crippen molar-refractivity contribution >= 4 is 5.78 Å². The summed E-state index contributed by atoms with van der Waals surface area (Å²) in [7, 11) is 0. The molecular weight excluding hydrogens is 220 g/mol. The van der Waals surface area contributed by atoms with Crippen molar-refractivity contribution in [3.63, 3.8) is 0 Å². The summed E-state index contributed by atoms with van der Waals surface area (Å²) in [5, 5.41) is 0. The molecule has 1 nitrogen and oxygen atoms in total. The lowest BCUT2D eigenvalue weighted by atomic mass is 9.88. The Balaban J connectivity index is 1.75. The molecule has 1 aromatic rings. The Kier molecular flexibility index (Phi) is 4.74. The third kappa shape index (κ3) is 3.83. The van der Waals surface area contributed by atoms with Crippen LogP contribution in [0.2, 0.25) is 0 Å². The quantitative estimate of drug-likeness (QED) is 0.751. The van der Waals surface area contributed by atoms with Crippen LogP contribution in [0.5, 0.6) is 0 Å². The first-order chi connectivity index (χ1) is 8.75. The first-order valence-corrected chi connectivity index (χ1v) is 7.02. The van der Waals surface area contributed by atoms with Crippen LogP contribution in [0.4, 0.5) is 0 Å². The van der Waals surface area contributed by atoms with Gasteiger partial charge < -0.3 is 0 Å². The molecule has 1 atom stereocenters. The molecule has 0 aromatic heterocycles. The van der Waals surface area contributed by atoms with Gasteiger partial charge in [-0.3, -0.25) is 4.79 Å². The van der Waals surface area contributed by atoms with Crippen LogP contribution in [0, 0.1) is 5.92 Å². The van der Waals surface area contributed by atoms with Crippen LogP contribution in [0.1, 0.15) is 44.6 Å². The van der Waals surface area contributed by atoms with Gasteiger partial charge in [-0.05, 0) is 49.2 Å². The summed E-state index contributed by atoms with van der Waals surface area (Å²) in [6.45, 7) is 2.26. The molecule has 0 heterocycles. The number of benzene rings is 1. The topological polar surface area (TPSA) is 17.1 Å². The minimum absolute atomic E-state index is 0.373. The summed E-state index contributed by atoms with van der Waals surface area (Å²) >= 11 is 0. The third-order valence-electron chi connectivity index (χ3n) is 3.74. The zero-order chi connectivity index (χ0) is 12.8. The fourth-order valence-corrected chi connectivity index (χ4v) is 2.48. The van der Waals surface area contributed by atoms with Crippen LogP contribution < -0.4 is 0 Å². The van der Waals surface area contributed by atoms with Gasteiger partial charge in [0, 0.05) is 6.42 Å². The third-order valence-corrected chi connectivity index (χ3v) is 3.74. The lowest BCUT2D eigenvalue weighted by Gasteiger charge is -2.17. The van der Waals surface area contributed by atoms with Crippen LogP contribution in [0.3, 0.4) is 0 Å². The minimum atomic E-state index is 0.373. The average molecular weight is 242 g/mol. The highest BCUT2D eigenvalue weighted by molar-refractivity contribution is 5.95. The summed E-state index contributed by atoms with van der Waals surface area (Å²) in [4.78, 5) is 12.0. The number of allylic oxidation sites excluding steroid dienone is 2. The zero-order valence-corrected chi connectivity index (χ0v) is 11.2. The number of aryl methyl sites for hydroxylation is 1. The van der Waals surface area contributed by atoms with Crippen molar-refractivity contribution in [2.45, 2.75) is 45.4 Å². The highest BCUT2D eigenvalue weighted by atomic mass is 16.1. The van der Waals surface area contributed by atoms with E-state index in [-0.39, 0.29) is 0 Å². The molecule has 0 amide bonds. The molecule has 18 heavy (non-hydrogen) atoms. The second kappa shape index (κ2) is 6.53. The highest BCUT2D eigenvalue weighted by Gasteiger charge is 2.15. The van der Waals surface area contributed by atoms with E-state index >= 15 is 0 Å². The van der Waals surface area contributed by atoms with Gasteiger partial charge in [0.15, 0.2) is 5.78 Å². The Morgan fingerprint density at radius 1 is 1.28 bits per heavy atom. The summed E-state index contributed by atoms with van der Waals surface area (Å²) in [5.74, 6) is 1.13. The van der Waals surface area contributed by atoms with E-state index < -0.39 is 0 Å². The van der Waals surface area contributed by atoms with Gasteiger partial charge in [-0.1, -0.05) is 43.3 Å². The SMILES string of the molecule is CC1CC=C(C(=O)CCCc2ccccc2)CC1. The van der Waals surface area contributed by atoms with Crippen LogP contribution in [0.15, 0.2) is 42.0 Å². The molecule has 96 valence electrons. The van der Waals surface area contributed by atoms with Crippen LogP contribution in [0.25, 0.3) is 0 Å². The molecular formula is C17H22O. The molecule has 0 saturated carbocycles. The van der Waals surface area contributed by atoms with Crippen molar-refractivity contribution in [3.8, 4) is 0 Å². The van der Waals surface area contributed by atoms with Gasteiger partial charge in [0.25, 0.3) is 0 Å². The van der Waals surface area contributed by atoms with Crippen LogP contribution in [-0.4, -0.2) is 5.78 Å². The van der Waals surface area contributed by atoms with Gasteiger partial charge in [-0.25, -0.2) is 0 Å². The number of hydrogen-bond donors (Lipinski definition) is 0. The first kappa shape index (κ1) is 13.1. The molecule has 1 unspecified atom stereocenters. The van der Waals surface area contributed by atoms with Gasteiger partial charge in [0.2, 0.25) is 0 Å². The molecule has 0 saturated heterocycles. The molecule has 0 spiro atoms. The summed E-state index contributed by atoms with van der Waals surface area (Å²) < 4.78 is 0. The summed E-state index contributed by atoms with van der Waals surface area (Å²) in [5.41, 5.74) is 2.41. The summed E-state index contributed by atoms with van der Waals surface area (Å²) in [6, 6.07) is 10.4. The maximum Gasteiger partial charge on any atom is 0.158 e. The van der Waals surface area contributed by atoms with Crippen molar-refractivity contribution in [2.24, 2.45) is 5.92 Å². The largest absolute Gasteiger partial charge is 0.295 e. The predicted molar refractivity (Wildman–Crippen MR) is 75.5 cm³/mol. The van der Waals surface area contributed by atoms with Gasteiger partial charge in [-0.2, -0.15) is 0 Å². The number of rotatable bonds is 5. The van der Waals surface area contributed by atoms with E-state index in [0.29, 0.717) is 12.2 Å². The fourth-order valence-electron chi connectivity index (χ4n) is 2.48. The maximum atomic E-state index is 12.0. The molecule has 0 radical (unpaired) electrons. The Bertz CT molecular complexity index is 416. The van der Waals surface area contributed by atoms with Crippen molar-refractivity contribution in [3.05, 3.63) is 47.5 Å². The Morgan fingerprint density at radius 3 is 2.72 bits per heavy atom. The van der Waals surface area contributed by atoms with Gasteiger partial charge in [0.05, 0.1) is 0 Å². The van der Waals surface area contributed by atoms with Crippen molar-refractivity contribution in [1.29, 1.82) is 0 Å². The molecule has 0 aliphatic heterocycles. The number of hydrogen-bond acceptors (Lipinski definition) is 1. The number of Topliss-reactive ketones (excluding diaryl/α,β-unsaturated/α-hetero) is 1. The minimum Gasteiger partial charge on any atom is -0.295 e. The number of ketones is 1. The number of carbonyl (C=O) groups excluding carboxylic acids is 1. The Hall–Kier alpha value is -1.37. The van der Waals surface area contributed by atoms with E-state index in [1.807, 2.05) is 6.07 Å². The fraction of sp³-hybridized carbons (Fsp3) is 0.471. The van der Waals surface area contributed by atoms with E-state index in [0.717, 1.165) is 37.2 Å². The van der Waals surface area contributed by atoms with Gasteiger partial charge >= 0.3 is 0 Å². The zero-order valence-electron chi connectivity index (χ0n) is 11.2. The Labute approximate surface area is 110 Å². The molecule has 1 heteroatoms. The van der Waals surface area contributed by atoms with E-state index in [1.165, 1.54) is 12.0 Å². The van der Waals surface area contributed by atoms with Crippen LogP contribution >= 0.6 is 0 Å². The van der Waals surface area contributed by atoms with Crippen molar-refractivity contribution < 1.29 is 4.79 Å². The lowest BCUT2D eigenvalue weighted by Crippen LogP contribution is -2.09. The molecule has 2 rings (SSSR count). The molecule has 0 fully saturated rings. The molecule has 1 aliphatic rings. The maximum absolute atomic E-state index is 12.0. The van der Waals surface area contributed by atoms with Crippen molar-refractivity contribution in [1.82, 2.24) is 0 Å². The lowest BCUT2D eigenvalue weighted by molar-refractivity contribution is -0.115. The second-order valence-corrected chi connectivity index (χ2v) is 5.37. The smallest absolute Gasteiger partial charge is 0.158 e. The Morgan fingerprint density at radius 2 is 2.06 bits per heavy atom. The van der Waals surface area contributed by atoms with Gasteiger partial charge in [0.1, 0.15) is 0 Å². The predicted octanol–water partition coefficient (Wildman–Crippen LogP) is 4.32. The second-order valence-electron chi connectivity index (χ2n) is 5.37. The summed E-state index contributed by atoms with van der Waals surface area (Å²) in [6.07, 6.45) is 8.10. The molecule has 0 N–H and O–H groups in total. The monoisotopic (exact) mass is 242 g/mol. The van der Waals surface area contributed by atoms with Crippen LogP contribution in [-0.2, 0) is 11.2 Å². The van der Waals surface area contributed by atoms with E-state index in [1.54, 1.807) is 0 Å². The van der Waals surface area contributed by atoms with Crippen molar-refractivity contribution in [2.75, 3.05) is 0 Å². The van der Waals surface area contributed by atoms with E-state index in [4.69, 9.17) is 0 Å². The first-order valence-electron chi connectivity index (χ1n) is 7.02. The molecule has 1 aromatic carbocycles. The van der Waals surface area contributed by atoms with Gasteiger partial charge in [-0.15, -0.1) is 0 Å². The average Bonchev–Trinajstić information content (AvgIpc) is 2.40. The normalized spacial score (nSPS) is 19.4. The van der Waals surface area contributed by atoms with E-state index in [9.17, 15) is 4.79 Å². The molecule has 0 bridgehead atoms. The number of carbonyl (C=O) groups is 1. The highest BCUT2D eigenvalue weighted by Crippen LogP contribution is 2.24. The standard InChI is InChI=1S/C17H22O/c1-14-10-12-16(13-11-14)17(18)9-5-8-15-6-3-2-4-7-15/h2-4,6-7,12,14H,5,8-11,13H2,1H3. The molecule has 1 aliphatic carbocycles. The van der Waals surface area contributed by atoms with E-state index in [2.05, 4.69) is 37.3 Å².